The van der Waals surface area contributed by atoms with Crippen molar-refractivity contribution < 1.29 is 13.7 Å². The van der Waals surface area contributed by atoms with E-state index in [2.05, 4.69) is 39.9 Å². The smallest absolute Gasteiger partial charge is 0.251 e. The van der Waals surface area contributed by atoms with Gasteiger partial charge in [0.05, 0.1) is 25.0 Å². The van der Waals surface area contributed by atoms with Gasteiger partial charge in [0.1, 0.15) is 5.76 Å². The predicted octanol–water partition coefficient (Wildman–Crippen LogP) is 3.19. The molecule has 0 atom stereocenters. The highest BCUT2D eigenvalue weighted by Gasteiger charge is 2.09. The molecule has 0 saturated heterocycles. The highest BCUT2D eigenvalue weighted by Crippen LogP contribution is 2.13. The average molecular weight is 409 g/mol. The van der Waals surface area contributed by atoms with E-state index in [0.717, 1.165) is 17.0 Å². The van der Waals surface area contributed by atoms with Gasteiger partial charge in [-0.2, -0.15) is 0 Å². The summed E-state index contributed by atoms with van der Waals surface area (Å²) in [6.45, 7) is 5.49. The lowest BCUT2D eigenvalue weighted by Gasteiger charge is -2.11. The molecule has 1 amide bonds. The third kappa shape index (κ3) is 5.97. The first kappa shape index (κ1) is 21.2. The standard InChI is InChI=1S/C22H27N5O3/c1-15(2)20-11-19(30-27-20)14-26-22(23-3)25-12-16-6-4-7-17(10-16)21(28)24-13-18-8-5-9-29-18/h4-11,15H,12-14H2,1-3H3,(H,24,28)(H2,23,25,26). The number of aromatic nitrogens is 1. The quantitative estimate of drug-likeness (QED) is 0.390. The van der Waals surface area contributed by atoms with Gasteiger partial charge in [0.25, 0.3) is 5.91 Å². The first-order valence-corrected chi connectivity index (χ1v) is 9.84. The molecule has 0 aliphatic rings. The van der Waals surface area contributed by atoms with E-state index in [9.17, 15) is 4.79 Å². The van der Waals surface area contributed by atoms with Crippen LogP contribution < -0.4 is 16.0 Å². The second kappa shape index (κ2) is 10.3. The number of carbonyl (C=O) groups excluding carboxylic acids is 1. The van der Waals surface area contributed by atoms with Crippen LogP contribution >= 0.6 is 0 Å². The molecule has 30 heavy (non-hydrogen) atoms. The van der Waals surface area contributed by atoms with E-state index in [1.54, 1.807) is 25.4 Å². The van der Waals surface area contributed by atoms with Crippen LogP contribution in [0.15, 0.2) is 62.7 Å². The van der Waals surface area contributed by atoms with Gasteiger partial charge in [-0.3, -0.25) is 9.79 Å². The monoisotopic (exact) mass is 409 g/mol. The van der Waals surface area contributed by atoms with Gasteiger partial charge in [-0.15, -0.1) is 0 Å². The van der Waals surface area contributed by atoms with Gasteiger partial charge in [-0.25, -0.2) is 0 Å². The van der Waals surface area contributed by atoms with Crippen LogP contribution in [0, 0.1) is 0 Å². The number of nitrogens with zero attached hydrogens (tertiary/aromatic N) is 2. The molecule has 1 aromatic carbocycles. The van der Waals surface area contributed by atoms with Crippen molar-refractivity contribution in [3.05, 3.63) is 77.1 Å². The largest absolute Gasteiger partial charge is 0.467 e. The average Bonchev–Trinajstić information content (AvgIpc) is 3.44. The fourth-order valence-electron chi connectivity index (χ4n) is 2.77. The normalized spacial score (nSPS) is 11.5. The van der Waals surface area contributed by atoms with Crippen molar-refractivity contribution >= 4 is 11.9 Å². The van der Waals surface area contributed by atoms with Crippen LogP contribution in [0.4, 0.5) is 0 Å². The van der Waals surface area contributed by atoms with Crippen molar-refractivity contribution in [1.82, 2.24) is 21.1 Å². The lowest BCUT2D eigenvalue weighted by Crippen LogP contribution is -2.36. The van der Waals surface area contributed by atoms with E-state index in [1.807, 2.05) is 30.3 Å². The molecule has 3 aromatic rings. The Morgan fingerprint density at radius 3 is 2.53 bits per heavy atom. The summed E-state index contributed by atoms with van der Waals surface area (Å²) in [4.78, 5) is 16.6. The molecule has 158 valence electrons. The molecule has 8 heteroatoms. The number of rotatable bonds is 8. The van der Waals surface area contributed by atoms with Gasteiger partial charge in [-0.05, 0) is 35.7 Å². The number of aliphatic imine (C=N–C) groups is 1. The SMILES string of the molecule is CN=C(NCc1cccc(C(=O)NCc2ccco2)c1)NCc1cc(C(C)C)no1. The molecule has 0 aliphatic carbocycles. The number of carbonyl (C=O) groups is 1. The van der Waals surface area contributed by atoms with Gasteiger partial charge in [-0.1, -0.05) is 31.1 Å². The van der Waals surface area contributed by atoms with E-state index >= 15 is 0 Å². The number of hydrogen-bond acceptors (Lipinski definition) is 5. The molecule has 0 spiro atoms. The Balaban J connectivity index is 1.50. The summed E-state index contributed by atoms with van der Waals surface area (Å²) in [5.74, 6) is 2.26. The van der Waals surface area contributed by atoms with Crippen molar-refractivity contribution in [2.45, 2.75) is 39.4 Å². The van der Waals surface area contributed by atoms with Crippen molar-refractivity contribution in [1.29, 1.82) is 0 Å². The van der Waals surface area contributed by atoms with E-state index in [4.69, 9.17) is 8.94 Å². The molecule has 3 rings (SSSR count). The molecular weight excluding hydrogens is 382 g/mol. The van der Waals surface area contributed by atoms with Gasteiger partial charge >= 0.3 is 0 Å². The molecule has 3 N–H and O–H groups in total. The van der Waals surface area contributed by atoms with Crippen LogP contribution in [0.3, 0.4) is 0 Å². The summed E-state index contributed by atoms with van der Waals surface area (Å²) in [5, 5.41) is 13.3. The maximum atomic E-state index is 12.4. The Kier molecular flexibility index (Phi) is 7.26. The van der Waals surface area contributed by atoms with E-state index < -0.39 is 0 Å². The van der Waals surface area contributed by atoms with Gasteiger partial charge in [0.15, 0.2) is 11.7 Å². The van der Waals surface area contributed by atoms with Crippen molar-refractivity contribution in [3.8, 4) is 0 Å². The Morgan fingerprint density at radius 1 is 1.03 bits per heavy atom. The first-order chi connectivity index (χ1) is 14.5. The molecule has 2 heterocycles. The van der Waals surface area contributed by atoms with Crippen LogP contribution in [0.2, 0.25) is 0 Å². The Morgan fingerprint density at radius 2 is 1.83 bits per heavy atom. The molecule has 8 nitrogen and oxygen atoms in total. The van der Waals surface area contributed by atoms with Gasteiger partial charge < -0.3 is 24.9 Å². The Labute approximate surface area is 175 Å². The van der Waals surface area contributed by atoms with Gasteiger partial charge in [0.2, 0.25) is 0 Å². The van der Waals surface area contributed by atoms with Gasteiger partial charge in [0, 0.05) is 25.2 Å². The molecule has 0 fully saturated rings. The Bertz CT molecular complexity index is 976. The predicted molar refractivity (Wildman–Crippen MR) is 114 cm³/mol. The maximum Gasteiger partial charge on any atom is 0.251 e. The van der Waals surface area contributed by atoms with Crippen LogP contribution in [0.25, 0.3) is 0 Å². The van der Waals surface area contributed by atoms with E-state index in [-0.39, 0.29) is 5.91 Å². The minimum absolute atomic E-state index is 0.151. The zero-order chi connectivity index (χ0) is 21.3. The lowest BCUT2D eigenvalue weighted by molar-refractivity contribution is 0.0948. The number of benzene rings is 1. The molecule has 0 unspecified atom stereocenters. The molecule has 2 aromatic heterocycles. The van der Waals surface area contributed by atoms with Crippen LogP contribution in [0.5, 0.6) is 0 Å². The molecule has 0 radical (unpaired) electrons. The fourth-order valence-corrected chi connectivity index (χ4v) is 2.77. The zero-order valence-electron chi connectivity index (χ0n) is 17.4. The maximum absolute atomic E-state index is 12.4. The topological polar surface area (TPSA) is 105 Å². The molecule has 0 aliphatic heterocycles. The molecule has 0 saturated carbocycles. The number of furan rings is 1. The van der Waals surface area contributed by atoms with Crippen molar-refractivity contribution in [2.24, 2.45) is 4.99 Å². The van der Waals surface area contributed by atoms with Crippen LogP contribution in [-0.4, -0.2) is 24.1 Å². The minimum atomic E-state index is -0.151. The fraction of sp³-hybridized carbons (Fsp3) is 0.318. The van der Waals surface area contributed by atoms with E-state index in [1.165, 1.54) is 0 Å². The number of nitrogens with one attached hydrogen (secondary N) is 3. The molecular formula is C22H27N5O3. The highest BCUT2D eigenvalue weighted by atomic mass is 16.5. The Hall–Kier alpha value is -3.55. The second-order valence-electron chi connectivity index (χ2n) is 7.11. The van der Waals surface area contributed by atoms with Crippen molar-refractivity contribution in [3.63, 3.8) is 0 Å². The summed E-state index contributed by atoms with van der Waals surface area (Å²) >= 11 is 0. The molecule has 0 bridgehead atoms. The lowest BCUT2D eigenvalue weighted by atomic mass is 10.1. The highest BCUT2D eigenvalue weighted by molar-refractivity contribution is 5.94. The number of guanidine groups is 1. The van der Waals surface area contributed by atoms with E-state index in [0.29, 0.717) is 42.8 Å². The number of hydrogen-bond donors (Lipinski definition) is 3. The third-order valence-electron chi connectivity index (χ3n) is 4.47. The zero-order valence-corrected chi connectivity index (χ0v) is 17.4. The summed E-state index contributed by atoms with van der Waals surface area (Å²) in [7, 11) is 1.70. The summed E-state index contributed by atoms with van der Waals surface area (Å²) in [6.07, 6.45) is 1.58. The summed E-state index contributed by atoms with van der Waals surface area (Å²) < 4.78 is 10.6. The first-order valence-electron chi connectivity index (χ1n) is 9.84. The summed E-state index contributed by atoms with van der Waals surface area (Å²) in [6, 6.07) is 13.0. The summed E-state index contributed by atoms with van der Waals surface area (Å²) in [5.41, 5.74) is 2.48. The van der Waals surface area contributed by atoms with Crippen molar-refractivity contribution in [2.75, 3.05) is 7.05 Å². The second-order valence-corrected chi connectivity index (χ2v) is 7.11. The number of amides is 1. The van der Waals surface area contributed by atoms with Crippen LogP contribution in [-0.2, 0) is 19.6 Å². The third-order valence-corrected chi connectivity index (χ3v) is 4.47. The minimum Gasteiger partial charge on any atom is -0.467 e. The van der Waals surface area contributed by atoms with Crippen LogP contribution in [0.1, 0.15) is 52.9 Å².